The van der Waals surface area contributed by atoms with E-state index in [1.54, 1.807) is 24.3 Å². The van der Waals surface area contributed by atoms with Gasteiger partial charge in [-0.1, -0.05) is 48.5 Å². The molecule has 4 aromatic rings. The molecule has 0 bridgehead atoms. The van der Waals surface area contributed by atoms with Crippen molar-refractivity contribution in [3.05, 3.63) is 108 Å². The van der Waals surface area contributed by atoms with Gasteiger partial charge in [0.15, 0.2) is 11.7 Å². The van der Waals surface area contributed by atoms with Crippen molar-refractivity contribution in [3.63, 3.8) is 0 Å². The molecular formula is C26H21F2N3O3. The zero-order valence-electron chi connectivity index (χ0n) is 18.1. The van der Waals surface area contributed by atoms with E-state index in [4.69, 9.17) is 4.42 Å². The predicted molar refractivity (Wildman–Crippen MR) is 123 cm³/mol. The molecule has 0 fully saturated rings. The number of nitrogens with one attached hydrogen (secondary N) is 2. The minimum atomic E-state index is -0.761. The third-order valence-electron chi connectivity index (χ3n) is 5.07. The lowest BCUT2D eigenvalue weighted by atomic mass is 10.1. The molecule has 2 N–H and O–H groups in total. The minimum Gasteiger partial charge on any atom is -0.441 e. The predicted octanol–water partition coefficient (Wildman–Crippen LogP) is 5.12. The molecular weight excluding hydrogens is 440 g/mol. The first-order chi connectivity index (χ1) is 16.5. The molecule has 0 radical (unpaired) electrons. The fraction of sp³-hybridized carbons (Fsp3) is 0.115. The molecule has 0 aliphatic heterocycles. The monoisotopic (exact) mass is 461 g/mol. The van der Waals surface area contributed by atoms with Gasteiger partial charge in [-0.2, -0.15) is 0 Å². The largest absolute Gasteiger partial charge is 0.441 e. The summed E-state index contributed by atoms with van der Waals surface area (Å²) in [4.78, 5) is 29.1. The Kier molecular flexibility index (Phi) is 7.07. The van der Waals surface area contributed by atoms with E-state index in [0.29, 0.717) is 17.8 Å². The zero-order chi connectivity index (χ0) is 23.9. The number of carbonyl (C=O) groups excluding carboxylic acids is 2. The number of nitrogens with zero attached hydrogens (tertiary/aromatic N) is 1. The Balaban J connectivity index is 1.36. The maximum Gasteiger partial charge on any atom is 0.253 e. The fourth-order valence-electron chi connectivity index (χ4n) is 3.37. The van der Waals surface area contributed by atoms with Gasteiger partial charge in [0.25, 0.3) is 5.91 Å². The van der Waals surface area contributed by atoms with Gasteiger partial charge in [0.2, 0.25) is 5.91 Å². The number of para-hydroxylation sites is 1. The molecule has 0 aliphatic carbocycles. The first-order valence-electron chi connectivity index (χ1n) is 10.6. The second kappa shape index (κ2) is 10.5. The number of oxazole rings is 1. The highest BCUT2D eigenvalue weighted by atomic mass is 19.1. The molecule has 0 saturated carbocycles. The molecule has 0 saturated heterocycles. The minimum absolute atomic E-state index is 0.000321. The first-order valence-corrected chi connectivity index (χ1v) is 10.6. The van der Waals surface area contributed by atoms with Crippen LogP contribution in [0.15, 0.2) is 83.4 Å². The Morgan fingerprint density at radius 1 is 0.882 bits per heavy atom. The first kappa shape index (κ1) is 22.8. The van der Waals surface area contributed by atoms with E-state index >= 15 is 0 Å². The molecule has 172 valence electrons. The molecule has 4 rings (SSSR count). The summed E-state index contributed by atoms with van der Waals surface area (Å²) in [5.41, 5.74) is 1.36. The lowest BCUT2D eigenvalue weighted by Gasteiger charge is -2.11. The lowest BCUT2D eigenvalue weighted by molar-refractivity contribution is -0.116. The van der Waals surface area contributed by atoms with E-state index in [0.717, 1.165) is 17.7 Å². The number of anilines is 1. The molecule has 3 aromatic carbocycles. The van der Waals surface area contributed by atoms with Gasteiger partial charge in [0, 0.05) is 19.4 Å². The number of carbonyl (C=O) groups is 2. The highest BCUT2D eigenvalue weighted by Gasteiger charge is 2.17. The van der Waals surface area contributed by atoms with Crippen molar-refractivity contribution in [1.82, 2.24) is 10.3 Å². The third-order valence-corrected chi connectivity index (χ3v) is 5.07. The highest BCUT2D eigenvalue weighted by molar-refractivity contribution is 6.03. The summed E-state index contributed by atoms with van der Waals surface area (Å²) in [5, 5.41) is 5.57. The van der Waals surface area contributed by atoms with Crippen LogP contribution in [0.3, 0.4) is 0 Å². The van der Waals surface area contributed by atoms with E-state index in [-0.39, 0.29) is 41.9 Å². The Hall–Kier alpha value is -4.33. The van der Waals surface area contributed by atoms with Crippen molar-refractivity contribution < 1.29 is 22.8 Å². The van der Waals surface area contributed by atoms with E-state index < -0.39 is 11.6 Å². The number of hydrogen-bond acceptors (Lipinski definition) is 4. The average Bonchev–Trinajstić information content (AvgIpc) is 3.31. The average molecular weight is 461 g/mol. The van der Waals surface area contributed by atoms with Crippen LogP contribution in [0.2, 0.25) is 0 Å². The number of aromatic nitrogens is 1. The van der Waals surface area contributed by atoms with Crippen molar-refractivity contribution >= 4 is 17.5 Å². The van der Waals surface area contributed by atoms with Gasteiger partial charge < -0.3 is 15.1 Å². The Morgan fingerprint density at radius 3 is 2.35 bits per heavy atom. The van der Waals surface area contributed by atoms with Crippen LogP contribution in [0.25, 0.3) is 11.3 Å². The smallest absolute Gasteiger partial charge is 0.253 e. The van der Waals surface area contributed by atoms with Gasteiger partial charge in [-0.15, -0.1) is 0 Å². The number of amides is 2. The van der Waals surface area contributed by atoms with Gasteiger partial charge in [-0.25, -0.2) is 13.8 Å². The van der Waals surface area contributed by atoms with Crippen LogP contribution >= 0.6 is 0 Å². The van der Waals surface area contributed by atoms with Gasteiger partial charge in [0.1, 0.15) is 11.6 Å². The topological polar surface area (TPSA) is 84.2 Å². The molecule has 1 heterocycles. The van der Waals surface area contributed by atoms with Crippen LogP contribution in [0.5, 0.6) is 0 Å². The number of benzene rings is 3. The van der Waals surface area contributed by atoms with Gasteiger partial charge >= 0.3 is 0 Å². The molecule has 1 aromatic heterocycles. The molecule has 0 atom stereocenters. The normalized spacial score (nSPS) is 10.6. The summed E-state index contributed by atoms with van der Waals surface area (Å²) in [6.07, 6.45) is 1.34. The number of aryl methyl sites for hydroxylation is 1. The lowest BCUT2D eigenvalue weighted by Crippen LogP contribution is -2.24. The molecule has 34 heavy (non-hydrogen) atoms. The maximum atomic E-state index is 13.9. The summed E-state index contributed by atoms with van der Waals surface area (Å²) < 4.78 is 33.3. The summed E-state index contributed by atoms with van der Waals surface area (Å²) in [7, 11) is 0. The van der Waals surface area contributed by atoms with Crippen LogP contribution in [-0.2, 0) is 17.8 Å². The van der Waals surface area contributed by atoms with Crippen molar-refractivity contribution in [1.29, 1.82) is 0 Å². The van der Waals surface area contributed by atoms with Gasteiger partial charge in [0.05, 0.1) is 23.0 Å². The Morgan fingerprint density at radius 2 is 1.59 bits per heavy atom. The standard InChI is InChI=1S/C26H21F2N3O3/c27-19-10-6-11-20(28)25(19)22-16-29-24(34-22)14-13-23(32)31-21-12-5-4-9-18(21)26(33)30-15-17-7-2-1-3-8-17/h1-12,16H,13-15H2,(H,30,33)(H,31,32). The molecule has 2 amide bonds. The van der Waals surface area contributed by atoms with Crippen LogP contribution in [0.1, 0.15) is 28.2 Å². The summed E-state index contributed by atoms with van der Waals surface area (Å²) in [6, 6.07) is 19.7. The van der Waals surface area contributed by atoms with E-state index in [1.807, 2.05) is 30.3 Å². The van der Waals surface area contributed by atoms with Gasteiger partial charge in [-0.3, -0.25) is 9.59 Å². The number of halogens is 2. The molecule has 0 spiro atoms. The molecule has 0 unspecified atom stereocenters. The van der Waals surface area contributed by atoms with Crippen LogP contribution < -0.4 is 10.6 Å². The Bertz CT molecular complexity index is 1290. The van der Waals surface area contributed by atoms with Crippen molar-refractivity contribution in [2.45, 2.75) is 19.4 Å². The number of rotatable bonds is 8. The van der Waals surface area contributed by atoms with E-state index in [1.165, 1.54) is 12.3 Å². The van der Waals surface area contributed by atoms with E-state index in [2.05, 4.69) is 15.6 Å². The van der Waals surface area contributed by atoms with E-state index in [9.17, 15) is 18.4 Å². The number of hydrogen-bond donors (Lipinski definition) is 2. The quantitative estimate of drug-likeness (QED) is 0.381. The van der Waals surface area contributed by atoms with Crippen LogP contribution in [0.4, 0.5) is 14.5 Å². The molecule has 8 heteroatoms. The fourth-order valence-corrected chi connectivity index (χ4v) is 3.37. The second-order valence-corrected chi connectivity index (χ2v) is 7.48. The summed E-state index contributed by atoms with van der Waals surface area (Å²) >= 11 is 0. The maximum absolute atomic E-state index is 13.9. The second-order valence-electron chi connectivity index (χ2n) is 7.48. The molecule has 6 nitrogen and oxygen atoms in total. The van der Waals surface area contributed by atoms with Crippen LogP contribution in [0, 0.1) is 11.6 Å². The molecule has 0 aliphatic rings. The van der Waals surface area contributed by atoms with Crippen molar-refractivity contribution in [3.8, 4) is 11.3 Å². The van der Waals surface area contributed by atoms with Crippen molar-refractivity contribution in [2.75, 3.05) is 5.32 Å². The summed E-state index contributed by atoms with van der Waals surface area (Å²) in [5.74, 6) is -2.08. The van der Waals surface area contributed by atoms with Crippen molar-refractivity contribution in [2.24, 2.45) is 0 Å². The highest BCUT2D eigenvalue weighted by Crippen LogP contribution is 2.27. The zero-order valence-corrected chi connectivity index (χ0v) is 18.1. The Labute approximate surface area is 194 Å². The van der Waals surface area contributed by atoms with Gasteiger partial charge in [-0.05, 0) is 29.8 Å². The van der Waals surface area contributed by atoms with Crippen LogP contribution in [-0.4, -0.2) is 16.8 Å². The SMILES string of the molecule is O=C(CCc1ncc(-c2c(F)cccc2F)o1)Nc1ccccc1C(=O)NCc1ccccc1. The summed E-state index contributed by atoms with van der Waals surface area (Å²) in [6.45, 7) is 0.358. The third kappa shape index (κ3) is 5.53.